The highest BCUT2D eigenvalue weighted by molar-refractivity contribution is 6.09. The molecule has 2 aromatic carbocycles. The Bertz CT molecular complexity index is 1260. The predicted molar refractivity (Wildman–Crippen MR) is 124 cm³/mol. The molecular formula is C24H22N4O6. The van der Waals surface area contributed by atoms with Crippen molar-refractivity contribution in [2.45, 2.75) is 20.5 Å². The Hall–Kier alpha value is -4.44. The minimum absolute atomic E-state index is 0.0291. The molecular weight excluding hydrogens is 440 g/mol. The number of aliphatic hydroxyl groups excluding tert-OH is 1. The summed E-state index contributed by atoms with van der Waals surface area (Å²) in [5, 5.41) is 24.8. The number of nitro benzene ring substituents is 1. The smallest absolute Gasteiger partial charge is 0.340 e. The number of benzene rings is 2. The molecule has 1 aromatic heterocycles. The van der Waals surface area contributed by atoms with Gasteiger partial charge in [-0.3, -0.25) is 19.9 Å². The van der Waals surface area contributed by atoms with Crippen LogP contribution in [0.25, 0.3) is 11.1 Å². The number of ether oxygens (including phenoxy) is 1. The minimum Gasteiger partial charge on any atom is -0.462 e. The van der Waals surface area contributed by atoms with Gasteiger partial charge in [-0.05, 0) is 19.4 Å². The second kappa shape index (κ2) is 10.9. The Balaban J connectivity index is 2.08. The number of amides is 1. The lowest BCUT2D eigenvalue weighted by Crippen LogP contribution is -2.24. The van der Waals surface area contributed by atoms with Crippen LogP contribution in [0.5, 0.6) is 0 Å². The molecule has 0 radical (unpaired) electrons. The van der Waals surface area contributed by atoms with Gasteiger partial charge in [0.1, 0.15) is 0 Å². The number of nitrogens with one attached hydrogen (secondary N) is 1. The fourth-order valence-corrected chi connectivity index (χ4v) is 3.41. The maximum atomic E-state index is 13.2. The Morgan fingerprint density at radius 1 is 1.18 bits per heavy atom. The molecule has 0 fully saturated rings. The molecule has 0 aliphatic heterocycles. The molecule has 3 rings (SSSR count). The predicted octanol–water partition coefficient (Wildman–Crippen LogP) is 3.40. The van der Waals surface area contributed by atoms with E-state index >= 15 is 0 Å². The van der Waals surface area contributed by atoms with Crippen LogP contribution < -0.4 is 5.43 Å². The molecule has 0 saturated carbocycles. The molecule has 0 aliphatic carbocycles. The third-order valence-electron chi connectivity index (χ3n) is 4.83. The van der Waals surface area contributed by atoms with Crippen molar-refractivity contribution in [1.82, 2.24) is 10.4 Å². The summed E-state index contributed by atoms with van der Waals surface area (Å²) in [6.07, 6.45) is 1.25. The van der Waals surface area contributed by atoms with Crippen molar-refractivity contribution >= 4 is 23.8 Å². The molecule has 174 valence electrons. The van der Waals surface area contributed by atoms with E-state index < -0.39 is 23.4 Å². The van der Waals surface area contributed by atoms with Crippen LogP contribution in [0.4, 0.5) is 5.69 Å². The number of hydrogen-bond acceptors (Lipinski definition) is 8. The highest BCUT2D eigenvalue weighted by Crippen LogP contribution is 2.32. The van der Waals surface area contributed by atoms with E-state index in [9.17, 15) is 24.8 Å². The first-order valence-electron chi connectivity index (χ1n) is 10.3. The van der Waals surface area contributed by atoms with Gasteiger partial charge in [-0.2, -0.15) is 5.10 Å². The van der Waals surface area contributed by atoms with E-state index in [1.165, 1.54) is 24.4 Å². The van der Waals surface area contributed by atoms with E-state index in [0.717, 1.165) is 0 Å². The van der Waals surface area contributed by atoms with Crippen LogP contribution in [-0.4, -0.2) is 39.7 Å². The summed E-state index contributed by atoms with van der Waals surface area (Å²) in [6.45, 7) is 2.84. The Kier molecular flexibility index (Phi) is 7.78. The zero-order chi connectivity index (χ0) is 24.7. The summed E-state index contributed by atoms with van der Waals surface area (Å²) in [5.74, 6) is -1.37. The third-order valence-corrected chi connectivity index (χ3v) is 4.83. The molecule has 0 unspecified atom stereocenters. The summed E-state index contributed by atoms with van der Waals surface area (Å²) in [4.78, 5) is 40.6. The Morgan fingerprint density at radius 2 is 1.91 bits per heavy atom. The van der Waals surface area contributed by atoms with Gasteiger partial charge < -0.3 is 9.84 Å². The number of carbonyl (C=O) groups is 2. The monoisotopic (exact) mass is 462 g/mol. The first-order valence-corrected chi connectivity index (χ1v) is 10.3. The van der Waals surface area contributed by atoms with Gasteiger partial charge in [-0.15, -0.1) is 0 Å². The molecule has 0 aliphatic rings. The van der Waals surface area contributed by atoms with E-state index in [0.29, 0.717) is 16.8 Å². The van der Waals surface area contributed by atoms with Gasteiger partial charge in [0, 0.05) is 23.3 Å². The van der Waals surface area contributed by atoms with Crippen LogP contribution in [0, 0.1) is 17.0 Å². The fourth-order valence-electron chi connectivity index (χ4n) is 3.41. The zero-order valence-electron chi connectivity index (χ0n) is 18.5. The normalized spacial score (nSPS) is 10.8. The number of esters is 1. The van der Waals surface area contributed by atoms with E-state index in [1.54, 1.807) is 50.2 Å². The quantitative estimate of drug-likeness (QED) is 0.226. The Labute approximate surface area is 195 Å². The molecule has 3 aromatic rings. The number of carbonyl (C=O) groups excluding carboxylic acids is 2. The maximum Gasteiger partial charge on any atom is 0.340 e. The van der Waals surface area contributed by atoms with E-state index in [4.69, 9.17) is 4.74 Å². The average Bonchev–Trinajstić information content (AvgIpc) is 2.83. The molecule has 0 spiro atoms. The van der Waals surface area contributed by atoms with Crippen LogP contribution in [0.3, 0.4) is 0 Å². The summed E-state index contributed by atoms with van der Waals surface area (Å²) in [5.41, 5.74) is 3.90. The lowest BCUT2D eigenvalue weighted by atomic mass is 9.92. The number of non-ortho nitro benzene ring substituents is 1. The van der Waals surface area contributed by atoms with Crippen molar-refractivity contribution in [2.75, 3.05) is 6.61 Å². The minimum atomic E-state index is -0.720. The molecule has 34 heavy (non-hydrogen) atoms. The number of hydrogen-bond donors (Lipinski definition) is 2. The standard InChI is InChI=1S/C24H22N4O6/c1-3-34-24(31)20-15(2)26-19(14-29)22(21(20)17-9-5-4-6-10-17)23(30)27-25-13-16-8-7-11-18(12-16)28(32)33/h4-13,29H,3,14H2,1-2H3,(H,27,30)/b25-13-. The zero-order valence-corrected chi connectivity index (χ0v) is 18.5. The highest BCUT2D eigenvalue weighted by Gasteiger charge is 2.28. The summed E-state index contributed by atoms with van der Waals surface area (Å²) in [6, 6.07) is 14.5. The van der Waals surface area contributed by atoms with Crippen molar-refractivity contribution in [3.63, 3.8) is 0 Å². The van der Waals surface area contributed by atoms with E-state index in [-0.39, 0.29) is 34.7 Å². The van der Waals surface area contributed by atoms with Crippen molar-refractivity contribution < 1.29 is 24.4 Å². The number of aliphatic hydroxyl groups is 1. The second-order valence-electron chi connectivity index (χ2n) is 7.06. The van der Waals surface area contributed by atoms with Crippen LogP contribution >= 0.6 is 0 Å². The topological polar surface area (TPSA) is 144 Å². The molecule has 0 bridgehead atoms. The number of aryl methyl sites for hydroxylation is 1. The molecule has 0 atom stereocenters. The number of aromatic nitrogens is 1. The van der Waals surface area contributed by atoms with Crippen LogP contribution in [0.15, 0.2) is 59.7 Å². The van der Waals surface area contributed by atoms with Crippen molar-refractivity contribution in [3.8, 4) is 11.1 Å². The second-order valence-corrected chi connectivity index (χ2v) is 7.06. The number of nitro groups is 1. The van der Waals surface area contributed by atoms with Gasteiger partial charge >= 0.3 is 5.97 Å². The van der Waals surface area contributed by atoms with Gasteiger partial charge in [0.05, 0.1) is 46.9 Å². The average molecular weight is 462 g/mol. The van der Waals surface area contributed by atoms with Crippen molar-refractivity contribution in [1.29, 1.82) is 0 Å². The molecule has 1 heterocycles. The highest BCUT2D eigenvalue weighted by atomic mass is 16.6. The SMILES string of the molecule is CCOC(=O)c1c(C)nc(CO)c(C(=O)N/N=C\c2cccc([N+](=O)[O-])c2)c1-c1ccccc1. The van der Waals surface area contributed by atoms with Crippen LogP contribution in [0.2, 0.25) is 0 Å². The lowest BCUT2D eigenvalue weighted by Gasteiger charge is -2.18. The van der Waals surface area contributed by atoms with Gasteiger partial charge in [0.2, 0.25) is 0 Å². The number of pyridine rings is 1. The third kappa shape index (κ3) is 5.30. The first kappa shape index (κ1) is 24.2. The number of rotatable bonds is 8. The molecule has 10 heteroatoms. The summed E-state index contributed by atoms with van der Waals surface area (Å²) in [7, 11) is 0. The van der Waals surface area contributed by atoms with E-state index in [1.807, 2.05) is 0 Å². The summed E-state index contributed by atoms with van der Waals surface area (Å²) >= 11 is 0. The van der Waals surface area contributed by atoms with Crippen LogP contribution in [-0.2, 0) is 11.3 Å². The maximum absolute atomic E-state index is 13.2. The molecule has 2 N–H and O–H groups in total. The van der Waals surface area contributed by atoms with Gasteiger partial charge in [-0.1, -0.05) is 42.5 Å². The largest absolute Gasteiger partial charge is 0.462 e. The Morgan fingerprint density at radius 3 is 2.56 bits per heavy atom. The molecule has 1 amide bonds. The fraction of sp³-hybridized carbons (Fsp3) is 0.167. The van der Waals surface area contributed by atoms with Gasteiger partial charge in [-0.25, -0.2) is 10.2 Å². The molecule has 0 saturated heterocycles. The van der Waals surface area contributed by atoms with Crippen molar-refractivity contribution in [3.05, 3.63) is 92.8 Å². The molecule has 10 nitrogen and oxygen atoms in total. The van der Waals surface area contributed by atoms with E-state index in [2.05, 4.69) is 15.5 Å². The van der Waals surface area contributed by atoms with Gasteiger partial charge in [0.25, 0.3) is 11.6 Å². The summed E-state index contributed by atoms with van der Waals surface area (Å²) < 4.78 is 5.19. The number of hydrazone groups is 1. The lowest BCUT2D eigenvalue weighted by molar-refractivity contribution is -0.384. The first-order chi connectivity index (χ1) is 16.4. The number of nitrogens with zero attached hydrogens (tertiary/aromatic N) is 3. The van der Waals surface area contributed by atoms with Crippen LogP contribution in [0.1, 0.15) is 44.6 Å². The van der Waals surface area contributed by atoms with Gasteiger partial charge in [0.15, 0.2) is 0 Å². The van der Waals surface area contributed by atoms with Crippen molar-refractivity contribution in [2.24, 2.45) is 5.10 Å².